The molecule has 0 spiro atoms. The molecule has 1 aliphatic rings. The highest BCUT2D eigenvalue weighted by molar-refractivity contribution is 5.96. The van der Waals surface area contributed by atoms with E-state index in [-0.39, 0.29) is 11.9 Å². The molecule has 2 unspecified atom stereocenters. The molecule has 1 amide bonds. The lowest BCUT2D eigenvalue weighted by Crippen LogP contribution is -2.40. The van der Waals surface area contributed by atoms with Gasteiger partial charge in [-0.3, -0.25) is 4.79 Å². The smallest absolute Gasteiger partial charge is 0.266 e. The molecule has 5 nitrogen and oxygen atoms in total. The first-order valence-electron chi connectivity index (χ1n) is 4.85. The van der Waals surface area contributed by atoms with E-state index in [9.17, 15) is 4.79 Å². The van der Waals surface area contributed by atoms with Gasteiger partial charge in [0.1, 0.15) is 0 Å². The van der Waals surface area contributed by atoms with Crippen molar-refractivity contribution in [1.82, 2.24) is 4.98 Å². The van der Waals surface area contributed by atoms with Crippen molar-refractivity contribution in [3.05, 3.63) is 18.3 Å². The molecule has 0 aromatic carbocycles. The summed E-state index contributed by atoms with van der Waals surface area (Å²) >= 11 is 0. The minimum absolute atomic E-state index is 0.0704. The van der Waals surface area contributed by atoms with Crippen LogP contribution in [0.1, 0.15) is 13.3 Å². The summed E-state index contributed by atoms with van der Waals surface area (Å²) in [5.41, 5.74) is 5.63. The second kappa shape index (κ2) is 3.86. The molecule has 2 heterocycles. The lowest BCUT2D eigenvalue weighted by Gasteiger charge is -2.25. The average molecular weight is 207 g/mol. The predicted octanol–water partition coefficient (Wildman–Crippen LogP) is 0.518. The summed E-state index contributed by atoms with van der Waals surface area (Å²) in [5, 5.41) is 2.68. The summed E-state index contributed by atoms with van der Waals surface area (Å²) in [7, 11) is 0. The molecule has 0 saturated carbocycles. The molecule has 0 aliphatic carbocycles. The number of aromatic nitrogens is 1. The van der Waals surface area contributed by atoms with Crippen LogP contribution in [0.15, 0.2) is 18.3 Å². The van der Waals surface area contributed by atoms with Crippen molar-refractivity contribution in [2.75, 3.05) is 5.32 Å². The van der Waals surface area contributed by atoms with Gasteiger partial charge >= 0.3 is 0 Å². The maximum atomic E-state index is 11.6. The van der Waals surface area contributed by atoms with E-state index in [1.807, 2.05) is 6.92 Å². The van der Waals surface area contributed by atoms with Crippen LogP contribution in [0.2, 0.25) is 0 Å². The Labute approximate surface area is 87.6 Å². The minimum Gasteiger partial charge on any atom is -0.477 e. The van der Waals surface area contributed by atoms with Crippen molar-refractivity contribution >= 4 is 11.7 Å². The maximum Gasteiger partial charge on any atom is 0.266 e. The first-order valence-corrected chi connectivity index (χ1v) is 4.85. The molecular formula is C10H13N3O2. The number of nitrogens with zero attached hydrogens (tertiary/aromatic N) is 1. The zero-order chi connectivity index (χ0) is 10.8. The molecule has 0 bridgehead atoms. The number of carbonyl (C=O) groups is 1. The highest BCUT2D eigenvalue weighted by atomic mass is 16.5. The molecule has 1 aliphatic heterocycles. The number of fused-ring (bicyclic) bond motifs is 1. The van der Waals surface area contributed by atoms with Crippen molar-refractivity contribution in [1.29, 1.82) is 0 Å². The largest absolute Gasteiger partial charge is 0.477 e. The van der Waals surface area contributed by atoms with Crippen LogP contribution in [0, 0.1) is 0 Å². The summed E-state index contributed by atoms with van der Waals surface area (Å²) in [4.78, 5) is 15.6. The molecule has 1 aromatic heterocycles. The number of anilines is 1. The Hall–Kier alpha value is -1.62. The SMILES string of the molecule is CC(N)CC1Oc2cccnc2NC1=O. The molecular weight excluding hydrogens is 194 g/mol. The van der Waals surface area contributed by atoms with E-state index in [0.29, 0.717) is 18.0 Å². The number of ether oxygens (including phenoxy) is 1. The van der Waals surface area contributed by atoms with Crippen LogP contribution in [0.5, 0.6) is 5.75 Å². The van der Waals surface area contributed by atoms with E-state index in [4.69, 9.17) is 10.5 Å². The number of amides is 1. The van der Waals surface area contributed by atoms with Gasteiger partial charge in [-0.2, -0.15) is 0 Å². The number of pyridine rings is 1. The first kappa shape index (κ1) is 9.92. The van der Waals surface area contributed by atoms with Crippen molar-refractivity contribution in [2.45, 2.75) is 25.5 Å². The van der Waals surface area contributed by atoms with Gasteiger partial charge in [0.2, 0.25) is 0 Å². The normalized spacial score (nSPS) is 21.2. The zero-order valence-electron chi connectivity index (χ0n) is 8.43. The summed E-state index contributed by atoms with van der Waals surface area (Å²) < 4.78 is 5.50. The van der Waals surface area contributed by atoms with Crippen molar-refractivity contribution in [3.8, 4) is 5.75 Å². The van der Waals surface area contributed by atoms with Crippen LogP contribution < -0.4 is 15.8 Å². The Bertz CT molecular complexity index is 379. The average Bonchev–Trinajstić information content (AvgIpc) is 2.18. The topological polar surface area (TPSA) is 77.2 Å². The molecule has 80 valence electrons. The van der Waals surface area contributed by atoms with Gasteiger partial charge in [0.05, 0.1) is 0 Å². The fraction of sp³-hybridized carbons (Fsp3) is 0.400. The Morgan fingerprint density at radius 1 is 1.73 bits per heavy atom. The Morgan fingerprint density at radius 2 is 2.53 bits per heavy atom. The third-order valence-electron chi connectivity index (χ3n) is 2.16. The molecule has 0 saturated heterocycles. The van der Waals surface area contributed by atoms with Gasteiger partial charge in [-0.15, -0.1) is 0 Å². The highest BCUT2D eigenvalue weighted by Crippen LogP contribution is 2.27. The number of nitrogens with two attached hydrogens (primary N) is 1. The first-order chi connectivity index (χ1) is 7.16. The number of hydrogen-bond donors (Lipinski definition) is 2. The lowest BCUT2D eigenvalue weighted by molar-refractivity contribution is -0.124. The van der Waals surface area contributed by atoms with Crippen LogP contribution >= 0.6 is 0 Å². The van der Waals surface area contributed by atoms with Crippen LogP contribution in [0.3, 0.4) is 0 Å². The molecule has 15 heavy (non-hydrogen) atoms. The molecule has 2 atom stereocenters. The van der Waals surface area contributed by atoms with Crippen LogP contribution in [0.4, 0.5) is 5.82 Å². The molecule has 1 aromatic rings. The van der Waals surface area contributed by atoms with E-state index >= 15 is 0 Å². The van der Waals surface area contributed by atoms with Crippen LogP contribution in [0.25, 0.3) is 0 Å². The van der Waals surface area contributed by atoms with E-state index in [1.165, 1.54) is 0 Å². The molecule has 0 fully saturated rings. The molecule has 2 rings (SSSR count). The standard InChI is InChI=1S/C10H13N3O2/c1-6(11)5-8-10(14)13-9-7(15-8)3-2-4-12-9/h2-4,6,8H,5,11H2,1H3,(H,12,13,14). The monoisotopic (exact) mass is 207 g/mol. The van der Waals surface area contributed by atoms with E-state index < -0.39 is 6.10 Å². The zero-order valence-corrected chi connectivity index (χ0v) is 8.43. The van der Waals surface area contributed by atoms with E-state index in [0.717, 1.165) is 0 Å². The third-order valence-corrected chi connectivity index (χ3v) is 2.16. The molecule has 3 N–H and O–H groups in total. The van der Waals surface area contributed by atoms with Gasteiger partial charge in [0, 0.05) is 18.7 Å². The van der Waals surface area contributed by atoms with E-state index in [1.54, 1.807) is 18.3 Å². The predicted molar refractivity (Wildman–Crippen MR) is 55.5 cm³/mol. The van der Waals surface area contributed by atoms with Gasteiger partial charge in [-0.05, 0) is 19.1 Å². The van der Waals surface area contributed by atoms with Gasteiger partial charge in [-0.25, -0.2) is 4.98 Å². The van der Waals surface area contributed by atoms with Crippen LogP contribution in [-0.4, -0.2) is 23.0 Å². The second-order valence-electron chi connectivity index (χ2n) is 3.66. The number of rotatable bonds is 2. The number of nitrogens with one attached hydrogen (secondary N) is 1. The summed E-state index contributed by atoms with van der Waals surface area (Å²) in [5.74, 6) is 0.893. The quantitative estimate of drug-likeness (QED) is 0.741. The Balaban J connectivity index is 2.18. The summed E-state index contributed by atoms with van der Waals surface area (Å²) in [6.45, 7) is 1.84. The third kappa shape index (κ3) is 2.07. The van der Waals surface area contributed by atoms with Crippen molar-refractivity contribution in [3.63, 3.8) is 0 Å². The van der Waals surface area contributed by atoms with Crippen molar-refractivity contribution in [2.24, 2.45) is 5.73 Å². The van der Waals surface area contributed by atoms with Crippen LogP contribution in [-0.2, 0) is 4.79 Å². The van der Waals surface area contributed by atoms with E-state index in [2.05, 4.69) is 10.3 Å². The number of hydrogen-bond acceptors (Lipinski definition) is 4. The summed E-state index contributed by atoms with van der Waals surface area (Å²) in [6.07, 6.45) is 1.59. The second-order valence-corrected chi connectivity index (χ2v) is 3.66. The maximum absolute atomic E-state index is 11.6. The van der Waals surface area contributed by atoms with Gasteiger partial charge in [0.25, 0.3) is 5.91 Å². The fourth-order valence-electron chi connectivity index (χ4n) is 1.48. The lowest BCUT2D eigenvalue weighted by atomic mass is 10.1. The molecule has 5 heteroatoms. The summed E-state index contributed by atoms with van der Waals surface area (Å²) in [6, 6.07) is 3.47. The van der Waals surface area contributed by atoms with Crippen molar-refractivity contribution < 1.29 is 9.53 Å². The minimum atomic E-state index is -0.512. The Morgan fingerprint density at radius 3 is 3.27 bits per heavy atom. The van der Waals surface area contributed by atoms with Gasteiger partial charge in [-0.1, -0.05) is 0 Å². The Kier molecular flexibility index (Phi) is 2.55. The number of carbonyl (C=O) groups excluding carboxylic acids is 1. The van der Waals surface area contributed by atoms with Gasteiger partial charge in [0.15, 0.2) is 17.7 Å². The highest BCUT2D eigenvalue weighted by Gasteiger charge is 2.28. The fourth-order valence-corrected chi connectivity index (χ4v) is 1.48. The molecule has 0 radical (unpaired) electrons. The van der Waals surface area contributed by atoms with Gasteiger partial charge < -0.3 is 15.8 Å².